The minimum absolute atomic E-state index is 0.117. The topological polar surface area (TPSA) is 43.1 Å². The number of Topliss-reactive ketones (excluding diaryl/α,β-unsaturated/α-hetero) is 1. The highest BCUT2D eigenvalue weighted by Crippen LogP contribution is 2.30. The molecule has 0 saturated heterocycles. The highest BCUT2D eigenvalue weighted by molar-refractivity contribution is 9.09. The van der Waals surface area contributed by atoms with Crippen LogP contribution >= 0.6 is 39.1 Å². The number of hydrogen-bond acceptors (Lipinski definition) is 2. The Bertz CT molecular complexity index is 354. The normalized spacial score (nSPS) is 10.1. The summed E-state index contributed by atoms with van der Waals surface area (Å²) in [6.45, 7) is 0. The van der Waals surface area contributed by atoms with E-state index in [0.717, 1.165) is 0 Å². The van der Waals surface area contributed by atoms with E-state index < -0.39 is 0 Å². The van der Waals surface area contributed by atoms with Crippen LogP contribution in [-0.4, -0.2) is 11.1 Å². The predicted molar refractivity (Wildman–Crippen MR) is 59.0 cm³/mol. The Kier molecular flexibility index (Phi) is 3.59. The molecule has 0 aromatic heterocycles. The number of rotatable bonds is 2. The van der Waals surface area contributed by atoms with Gasteiger partial charge in [0.15, 0.2) is 5.78 Å². The summed E-state index contributed by atoms with van der Waals surface area (Å²) in [7, 11) is 0. The molecule has 0 radical (unpaired) electrons. The van der Waals surface area contributed by atoms with Crippen molar-refractivity contribution >= 4 is 50.6 Å². The average Bonchev–Trinajstić information content (AvgIpc) is 2.13. The molecule has 13 heavy (non-hydrogen) atoms. The van der Waals surface area contributed by atoms with Gasteiger partial charge in [-0.2, -0.15) is 0 Å². The number of ketones is 1. The number of anilines is 1. The van der Waals surface area contributed by atoms with E-state index in [1.54, 1.807) is 12.1 Å². The van der Waals surface area contributed by atoms with Crippen molar-refractivity contribution in [3.05, 3.63) is 27.7 Å². The zero-order chi connectivity index (χ0) is 10.0. The van der Waals surface area contributed by atoms with E-state index in [1.165, 1.54) is 0 Å². The van der Waals surface area contributed by atoms with Crippen LogP contribution in [0.15, 0.2) is 12.1 Å². The van der Waals surface area contributed by atoms with Crippen molar-refractivity contribution in [2.75, 3.05) is 11.1 Å². The van der Waals surface area contributed by atoms with Gasteiger partial charge in [0, 0.05) is 5.56 Å². The van der Waals surface area contributed by atoms with Crippen molar-refractivity contribution in [2.45, 2.75) is 0 Å². The molecule has 0 fully saturated rings. The summed E-state index contributed by atoms with van der Waals surface area (Å²) in [5, 5.41) is 0.793. The first-order valence-corrected chi connectivity index (χ1v) is 5.28. The number of halogens is 3. The fourth-order valence-electron chi connectivity index (χ4n) is 0.857. The van der Waals surface area contributed by atoms with Gasteiger partial charge < -0.3 is 5.73 Å². The van der Waals surface area contributed by atoms with Crippen LogP contribution < -0.4 is 5.73 Å². The molecular weight excluding hydrogens is 277 g/mol. The van der Waals surface area contributed by atoms with Gasteiger partial charge in [0.1, 0.15) is 0 Å². The third-order valence-electron chi connectivity index (χ3n) is 1.55. The summed E-state index contributed by atoms with van der Waals surface area (Å²) in [5.41, 5.74) is 6.18. The number of hydrogen-bond donors (Lipinski definition) is 1. The summed E-state index contributed by atoms with van der Waals surface area (Å²) in [6, 6.07) is 3.11. The Morgan fingerprint density at radius 1 is 1.46 bits per heavy atom. The second kappa shape index (κ2) is 4.31. The Labute approximate surface area is 94.1 Å². The van der Waals surface area contributed by atoms with E-state index in [1.807, 2.05) is 0 Å². The van der Waals surface area contributed by atoms with E-state index in [0.29, 0.717) is 10.6 Å². The Hall–Kier alpha value is -0.250. The molecule has 0 spiro atoms. The number of alkyl halides is 1. The van der Waals surface area contributed by atoms with Crippen molar-refractivity contribution < 1.29 is 4.79 Å². The fourth-order valence-corrected chi connectivity index (χ4v) is 1.63. The molecule has 1 aromatic rings. The van der Waals surface area contributed by atoms with Crippen LogP contribution in [0.2, 0.25) is 10.0 Å². The molecular formula is C8H6BrCl2NO. The van der Waals surface area contributed by atoms with Gasteiger partial charge >= 0.3 is 0 Å². The van der Waals surface area contributed by atoms with Crippen LogP contribution in [0.1, 0.15) is 10.4 Å². The number of benzene rings is 1. The van der Waals surface area contributed by atoms with E-state index in [-0.39, 0.29) is 21.8 Å². The zero-order valence-electron chi connectivity index (χ0n) is 6.48. The molecule has 0 atom stereocenters. The fraction of sp³-hybridized carbons (Fsp3) is 0.125. The van der Waals surface area contributed by atoms with Gasteiger partial charge in [0.25, 0.3) is 0 Å². The van der Waals surface area contributed by atoms with Crippen LogP contribution in [0.3, 0.4) is 0 Å². The molecule has 0 amide bonds. The van der Waals surface area contributed by atoms with Crippen molar-refractivity contribution in [3.63, 3.8) is 0 Å². The zero-order valence-corrected chi connectivity index (χ0v) is 9.58. The number of nitrogens with two attached hydrogens (primary N) is 1. The van der Waals surface area contributed by atoms with Crippen molar-refractivity contribution in [2.24, 2.45) is 0 Å². The molecule has 2 N–H and O–H groups in total. The van der Waals surface area contributed by atoms with Crippen LogP contribution in [0.25, 0.3) is 0 Å². The first-order chi connectivity index (χ1) is 6.07. The van der Waals surface area contributed by atoms with Crippen LogP contribution in [0.5, 0.6) is 0 Å². The van der Waals surface area contributed by atoms with Gasteiger partial charge in [-0.3, -0.25) is 4.79 Å². The first-order valence-electron chi connectivity index (χ1n) is 3.40. The maximum atomic E-state index is 11.3. The highest BCUT2D eigenvalue weighted by Gasteiger charge is 2.12. The first kappa shape index (κ1) is 10.8. The average molecular weight is 283 g/mol. The smallest absolute Gasteiger partial charge is 0.174 e. The summed E-state index contributed by atoms with van der Waals surface area (Å²) in [6.07, 6.45) is 0. The van der Waals surface area contributed by atoms with Gasteiger partial charge in [-0.05, 0) is 12.1 Å². The van der Waals surface area contributed by atoms with Crippen molar-refractivity contribution in [3.8, 4) is 0 Å². The lowest BCUT2D eigenvalue weighted by Gasteiger charge is -2.05. The summed E-state index contributed by atoms with van der Waals surface area (Å²) in [5.74, 6) is -0.117. The Balaban J connectivity index is 3.26. The van der Waals surface area contributed by atoms with E-state index >= 15 is 0 Å². The molecule has 2 nitrogen and oxygen atoms in total. The van der Waals surface area contributed by atoms with Crippen molar-refractivity contribution in [1.82, 2.24) is 0 Å². The molecule has 0 saturated carbocycles. The predicted octanol–water partition coefficient (Wildman–Crippen LogP) is 3.15. The van der Waals surface area contributed by atoms with Gasteiger partial charge in [-0.25, -0.2) is 0 Å². The summed E-state index contributed by atoms with van der Waals surface area (Å²) >= 11 is 14.6. The molecule has 0 unspecified atom stereocenters. The Morgan fingerprint density at radius 3 is 2.62 bits per heavy atom. The van der Waals surface area contributed by atoms with E-state index in [2.05, 4.69) is 15.9 Å². The number of carbonyl (C=O) groups excluding carboxylic acids is 1. The monoisotopic (exact) mass is 281 g/mol. The van der Waals surface area contributed by atoms with Crippen LogP contribution in [0.4, 0.5) is 5.69 Å². The second-order valence-corrected chi connectivity index (χ2v) is 3.73. The third kappa shape index (κ3) is 2.16. The minimum Gasteiger partial charge on any atom is -0.396 e. The lowest BCUT2D eigenvalue weighted by Crippen LogP contribution is -2.03. The van der Waals surface area contributed by atoms with Crippen molar-refractivity contribution in [1.29, 1.82) is 0 Å². The van der Waals surface area contributed by atoms with Gasteiger partial charge in [-0.15, -0.1) is 0 Å². The van der Waals surface area contributed by atoms with Crippen LogP contribution in [-0.2, 0) is 0 Å². The van der Waals surface area contributed by atoms with Gasteiger partial charge in [0.2, 0.25) is 0 Å². The molecule has 0 heterocycles. The lowest BCUT2D eigenvalue weighted by molar-refractivity contribution is 0.102. The maximum Gasteiger partial charge on any atom is 0.174 e. The van der Waals surface area contributed by atoms with Gasteiger partial charge in [0.05, 0.1) is 21.1 Å². The largest absolute Gasteiger partial charge is 0.396 e. The molecule has 0 aliphatic carbocycles. The molecule has 1 rings (SSSR count). The molecule has 70 valence electrons. The van der Waals surface area contributed by atoms with Gasteiger partial charge in [-0.1, -0.05) is 39.1 Å². The number of nitrogen functional groups attached to an aromatic ring is 1. The third-order valence-corrected chi connectivity index (χ3v) is 2.79. The number of carbonyl (C=O) groups is 1. The molecule has 0 aliphatic heterocycles. The molecule has 0 aliphatic rings. The van der Waals surface area contributed by atoms with Crippen LogP contribution in [0, 0.1) is 0 Å². The minimum atomic E-state index is -0.117. The standard InChI is InChI=1S/C8H6BrCl2NO/c9-3-6(13)4-1-2-5(10)8(12)7(4)11/h1-2H,3,12H2. The molecule has 1 aromatic carbocycles. The maximum absolute atomic E-state index is 11.3. The molecule has 0 bridgehead atoms. The Morgan fingerprint density at radius 2 is 2.08 bits per heavy atom. The summed E-state index contributed by atoms with van der Waals surface area (Å²) in [4.78, 5) is 11.3. The summed E-state index contributed by atoms with van der Waals surface area (Å²) < 4.78 is 0. The highest BCUT2D eigenvalue weighted by atomic mass is 79.9. The molecule has 5 heteroatoms. The van der Waals surface area contributed by atoms with E-state index in [4.69, 9.17) is 28.9 Å². The lowest BCUT2D eigenvalue weighted by atomic mass is 10.1. The second-order valence-electron chi connectivity index (χ2n) is 2.38. The SMILES string of the molecule is Nc1c(Cl)ccc(C(=O)CBr)c1Cl. The quantitative estimate of drug-likeness (QED) is 0.514. The van der Waals surface area contributed by atoms with E-state index in [9.17, 15) is 4.79 Å².